The number of hydrazone groups is 1. The molecule has 0 atom stereocenters. The van der Waals surface area contributed by atoms with Crippen LogP contribution in [0.1, 0.15) is 21.5 Å². The molecule has 0 aliphatic carbocycles. The fourth-order valence-corrected chi connectivity index (χ4v) is 2.93. The summed E-state index contributed by atoms with van der Waals surface area (Å²) in [6.07, 6.45) is 2.81. The van der Waals surface area contributed by atoms with Gasteiger partial charge in [0.25, 0.3) is 0 Å². The Kier molecular flexibility index (Phi) is 7.19. The average Bonchev–Trinajstić information content (AvgIpc) is 2.78. The van der Waals surface area contributed by atoms with Crippen LogP contribution in [0.15, 0.2) is 59.8 Å². The van der Waals surface area contributed by atoms with E-state index in [1.54, 1.807) is 24.3 Å². The Morgan fingerprint density at radius 1 is 1.31 bits per heavy atom. The molecule has 10 nitrogen and oxygen atoms in total. The number of rotatable bonds is 9. The highest BCUT2D eigenvalue weighted by molar-refractivity contribution is 6.32. The van der Waals surface area contributed by atoms with Crippen molar-refractivity contribution in [2.75, 3.05) is 12.5 Å². The molecule has 164 valence electrons. The van der Waals surface area contributed by atoms with Crippen LogP contribution in [0.5, 0.6) is 11.5 Å². The van der Waals surface area contributed by atoms with E-state index in [4.69, 9.17) is 26.2 Å². The van der Waals surface area contributed by atoms with Crippen molar-refractivity contribution in [3.8, 4) is 11.5 Å². The highest BCUT2D eigenvalue weighted by Gasteiger charge is 2.14. The van der Waals surface area contributed by atoms with E-state index in [0.717, 1.165) is 5.56 Å². The molecule has 0 bridgehead atoms. The van der Waals surface area contributed by atoms with E-state index < -0.39 is 10.9 Å². The zero-order valence-corrected chi connectivity index (χ0v) is 17.4. The van der Waals surface area contributed by atoms with Gasteiger partial charge in [-0.05, 0) is 41.5 Å². The maximum atomic E-state index is 11.0. The first-order valence-corrected chi connectivity index (χ1v) is 9.48. The number of nitro groups is 1. The molecule has 0 radical (unpaired) electrons. The van der Waals surface area contributed by atoms with E-state index in [9.17, 15) is 14.9 Å². The Bertz CT molecular complexity index is 1170. The normalized spacial score (nSPS) is 10.7. The third-order valence-corrected chi connectivity index (χ3v) is 4.48. The number of aromatic carboxylic acids is 1. The minimum atomic E-state index is -1.01. The maximum absolute atomic E-state index is 11.0. The number of hydrogen-bond donors (Lipinski definition) is 2. The van der Waals surface area contributed by atoms with Crippen LogP contribution in [0.2, 0.25) is 5.02 Å². The number of carboxylic acid groups (broad SMARTS) is 1. The Morgan fingerprint density at radius 3 is 2.72 bits per heavy atom. The van der Waals surface area contributed by atoms with Crippen molar-refractivity contribution in [3.05, 3.63) is 86.6 Å². The van der Waals surface area contributed by atoms with Crippen molar-refractivity contribution >= 4 is 35.3 Å². The van der Waals surface area contributed by atoms with E-state index in [-0.39, 0.29) is 28.7 Å². The highest BCUT2D eigenvalue weighted by atomic mass is 35.5. The number of benzene rings is 2. The number of nitrogens with zero attached hydrogens (tertiary/aromatic N) is 3. The number of carbonyl (C=O) groups is 1. The molecule has 2 N–H and O–H groups in total. The Labute approximate surface area is 187 Å². The lowest BCUT2D eigenvalue weighted by atomic mass is 10.1. The zero-order valence-electron chi connectivity index (χ0n) is 16.7. The topological polar surface area (TPSA) is 136 Å². The summed E-state index contributed by atoms with van der Waals surface area (Å²) < 4.78 is 11.1. The molecule has 0 aliphatic heterocycles. The van der Waals surface area contributed by atoms with Crippen LogP contribution in [0.4, 0.5) is 11.5 Å². The molecule has 2 aromatic carbocycles. The van der Waals surface area contributed by atoms with Gasteiger partial charge in [0.15, 0.2) is 11.5 Å². The van der Waals surface area contributed by atoms with Crippen LogP contribution < -0.4 is 14.9 Å². The number of halogens is 1. The van der Waals surface area contributed by atoms with Gasteiger partial charge in [0.1, 0.15) is 6.61 Å². The molecule has 3 rings (SSSR count). The molecule has 3 aromatic rings. The SMILES string of the molecule is COc1cc(/C=N\Nc2ncccc2[N+](=O)[O-])cc(Cl)c1OCc1ccc(C(=O)O)cc1. The quantitative estimate of drug-likeness (QED) is 0.275. The van der Waals surface area contributed by atoms with Crippen LogP contribution in [0.25, 0.3) is 0 Å². The zero-order chi connectivity index (χ0) is 23.1. The second kappa shape index (κ2) is 10.2. The van der Waals surface area contributed by atoms with Gasteiger partial charge in [0.2, 0.25) is 5.82 Å². The predicted octanol–water partition coefficient (Wildman–Crippen LogP) is 4.38. The highest BCUT2D eigenvalue weighted by Crippen LogP contribution is 2.36. The lowest BCUT2D eigenvalue weighted by molar-refractivity contribution is -0.384. The molecule has 0 unspecified atom stereocenters. The predicted molar refractivity (Wildman–Crippen MR) is 118 cm³/mol. The summed E-state index contributed by atoms with van der Waals surface area (Å²) >= 11 is 6.34. The van der Waals surface area contributed by atoms with Gasteiger partial charge < -0.3 is 14.6 Å². The van der Waals surface area contributed by atoms with E-state index in [2.05, 4.69) is 15.5 Å². The maximum Gasteiger partial charge on any atom is 0.335 e. The van der Waals surface area contributed by atoms with E-state index in [1.165, 1.54) is 43.8 Å². The average molecular weight is 457 g/mol. The van der Waals surface area contributed by atoms with E-state index >= 15 is 0 Å². The summed E-state index contributed by atoms with van der Waals surface area (Å²) in [5.41, 5.74) is 3.81. The van der Waals surface area contributed by atoms with Crippen LogP contribution in [-0.2, 0) is 6.61 Å². The largest absolute Gasteiger partial charge is 0.493 e. The lowest BCUT2D eigenvalue weighted by Gasteiger charge is -2.13. The standard InChI is InChI=1S/C21H17ClN4O6/c1-31-18-10-14(11-24-25-20-17(26(29)30)3-2-8-23-20)9-16(22)19(18)32-12-13-4-6-15(7-5-13)21(27)28/h2-11H,12H2,1H3,(H,23,25)(H,27,28)/b24-11-. The van der Waals surface area contributed by atoms with Crippen LogP contribution in [-0.4, -0.2) is 34.3 Å². The fraction of sp³-hybridized carbons (Fsp3) is 0.0952. The lowest BCUT2D eigenvalue weighted by Crippen LogP contribution is -2.01. The number of carboxylic acids is 1. The van der Waals surface area contributed by atoms with Crippen molar-refractivity contribution in [1.82, 2.24) is 4.98 Å². The Morgan fingerprint density at radius 2 is 2.06 bits per heavy atom. The van der Waals surface area contributed by atoms with E-state index in [0.29, 0.717) is 17.1 Å². The number of methoxy groups -OCH3 is 1. The molecule has 11 heteroatoms. The van der Waals surface area contributed by atoms with Gasteiger partial charge in [-0.2, -0.15) is 5.10 Å². The summed E-state index contributed by atoms with van der Waals surface area (Å²) in [6.45, 7) is 0.147. The third-order valence-electron chi connectivity index (χ3n) is 4.20. The van der Waals surface area contributed by atoms with Gasteiger partial charge in [0.05, 0.1) is 28.8 Å². The van der Waals surface area contributed by atoms with Crippen LogP contribution >= 0.6 is 11.6 Å². The molecule has 0 saturated heterocycles. The summed E-state index contributed by atoms with van der Waals surface area (Å²) in [5.74, 6) is -0.348. The van der Waals surface area contributed by atoms with Crippen molar-refractivity contribution in [1.29, 1.82) is 0 Å². The molecule has 0 saturated carbocycles. The Hall–Kier alpha value is -4.18. The number of hydrogen-bond acceptors (Lipinski definition) is 8. The van der Waals surface area contributed by atoms with Gasteiger partial charge in [-0.25, -0.2) is 9.78 Å². The van der Waals surface area contributed by atoms with Gasteiger partial charge in [-0.1, -0.05) is 23.7 Å². The first-order chi connectivity index (χ1) is 15.4. The van der Waals surface area contributed by atoms with Gasteiger partial charge in [-0.3, -0.25) is 15.5 Å². The number of nitrogens with one attached hydrogen (secondary N) is 1. The summed E-state index contributed by atoms with van der Waals surface area (Å²) in [4.78, 5) is 25.3. The van der Waals surface area contributed by atoms with Gasteiger partial charge in [0, 0.05) is 12.3 Å². The van der Waals surface area contributed by atoms with Gasteiger partial charge in [-0.15, -0.1) is 0 Å². The van der Waals surface area contributed by atoms with Crippen molar-refractivity contribution in [2.24, 2.45) is 5.10 Å². The molecule has 32 heavy (non-hydrogen) atoms. The minimum Gasteiger partial charge on any atom is -0.493 e. The third kappa shape index (κ3) is 5.49. The van der Waals surface area contributed by atoms with Crippen molar-refractivity contribution < 1.29 is 24.3 Å². The number of ether oxygens (including phenoxy) is 2. The molecule has 0 fully saturated rings. The number of anilines is 1. The number of pyridine rings is 1. The molecule has 0 aliphatic rings. The second-order valence-corrected chi connectivity index (χ2v) is 6.73. The van der Waals surface area contributed by atoms with Crippen LogP contribution in [0, 0.1) is 10.1 Å². The van der Waals surface area contributed by atoms with E-state index in [1.807, 2.05) is 0 Å². The summed E-state index contributed by atoms with van der Waals surface area (Å²) in [6, 6.07) is 12.2. The fourth-order valence-electron chi connectivity index (χ4n) is 2.65. The molecule has 0 spiro atoms. The van der Waals surface area contributed by atoms with Crippen molar-refractivity contribution in [3.63, 3.8) is 0 Å². The molecular weight excluding hydrogens is 440 g/mol. The monoisotopic (exact) mass is 456 g/mol. The van der Waals surface area contributed by atoms with Gasteiger partial charge >= 0.3 is 11.7 Å². The molecular formula is C21H17ClN4O6. The van der Waals surface area contributed by atoms with Crippen LogP contribution in [0.3, 0.4) is 0 Å². The number of aromatic nitrogens is 1. The minimum absolute atomic E-state index is 0.000631. The van der Waals surface area contributed by atoms with Crippen molar-refractivity contribution in [2.45, 2.75) is 6.61 Å². The smallest absolute Gasteiger partial charge is 0.335 e. The summed E-state index contributed by atoms with van der Waals surface area (Å²) in [5, 5.41) is 24.2. The molecule has 0 amide bonds. The first kappa shape index (κ1) is 22.5. The Balaban J connectivity index is 1.72. The second-order valence-electron chi connectivity index (χ2n) is 6.32. The first-order valence-electron chi connectivity index (χ1n) is 9.10. The molecule has 1 aromatic heterocycles. The molecule has 1 heterocycles. The summed E-state index contributed by atoms with van der Waals surface area (Å²) in [7, 11) is 1.45.